The van der Waals surface area contributed by atoms with E-state index in [-0.39, 0.29) is 25.2 Å². The number of benzene rings is 3. The summed E-state index contributed by atoms with van der Waals surface area (Å²) in [6.07, 6.45) is 5.00. The monoisotopic (exact) mass is 561 g/mol. The van der Waals surface area contributed by atoms with Gasteiger partial charge < -0.3 is 24.3 Å². The van der Waals surface area contributed by atoms with Crippen LogP contribution in [-0.4, -0.2) is 45.8 Å². The van der Waals surface area contributed by atoms with Crippen LogP contribution in [0.5, 0.6) is 11.5 Å². The standard InChI is InChI=1S/C33H39NO7/c1-38-30-20-25(13-17-29(30)41-19-9-5-8-12-24-10-6-4-7-11-24)14-18-31(35)34-28-16-15-26(22-32(36)39-2)27(21-28)23-33(37)40-3/h4,6-7,10-11,13,15-17,20-21H,5,8-9,12,14,18-19,22-23H2,1-3H3,(H,34,35). The van der Waals surface area contributed by atoms with E-state index in [2.05, 4.69) is 29.6 Å². The molecule has 1 amide bonds. The van der Waals surface area contributed by atoms with Gasteiger partial charge in [0.15, 0.2) is 11.5 Å². The molecule has 3 rings (SSSR count). The van der Waals surface area contributed by atoms with E-state index in [9.17, 15) is 14.4 Å². The van der Waals surface area contributed by atoms with Crippen LogP contribution in [0, 0.1) is 0 Å². The first-order chi connectivity index (χ1) is 19.9. The highest BCUT2D eigenvalue weighted by Gasteiger charge is 2.14. The van der Waals surface area contributed by atoms with Crippen molar-refractivity contribution < 1.29 is 33.3 Å². The summed E-state index contributed by atoms with van der Waals surface area (Å²) >= 11 is 0. The summed E-state index contributed by atoms with van der Waals surface area (Å²) in [6.45, 7) is 0.614. The molecule has 8 heteroatoms. The number of carbonyl (C=O) groups excluding carboxylic acids is 3. The Bertz CT molecular complexity index is 1290. The van der Waals surface area contributed by atoms with E-state index in [1.807, 2.05) is 24.3 Å². The molecule has 0 saturated carbocycles. The zero-order valence-corrected chi connectivity index (χ0v) is 24.1. The molecular weight excluding hydrogens is 522 g/mol. The summed E-state index contributed by atoms with van der Waals surface area (Å²) in [5.74, 6) is 0.293. The first-order valence-electron chi connectivity index (χ1n) is 13.8. The first kappa shape index (κ1) is 31.2. The molecule has 0 spiro atoms. The second-order valence-corrected chi connectivity index (χ2v) is 9.67. The second-order valence-electron chi connectivity index (χ2n) is 9.67. The molecule has 0 bridgehead atoms. The molecule has 41 heavy (non-hydrogen) atoms. The van der Waals surface area contributed by atoms with Crippen molar-refractivity contribution in [2.24, 2.45) is 0 Å². The van der Waals surface area contributed by atoms with Gasteiger partial charge in [0.2, 0.25) is 5.91 Å². The Balaban J connectivity index is 1.48. The zero-order valence-electron chi connectivity index (χ0n) is 24.1. The van der Waals surface area contributed by atoms with Crippen LogP contribution >= 0.6 is 0 Å². The van der Waals surface area contributed by atoms with Crippen LogP contribution in [0.25, 0.3) is 0 Å². The van der Waals surface area contributed by atoms with Crippen LogP contribution in [-0.2, 0) is 49.5 Å². The number of hydrogen-bond donors (Lipinski definition) is 1. The third kappa shape index (κ3) is 10.6. The fourth-order valence-corrected chi connectivity index (χ4v) is 4.40. The molecule has 0 aliphatic heterocycles. The van der Waals surface area contributed by atoms with Crippen LogP contribution in [0.1, 0.15) is 47.9 Å². The van der Waals surface area contributed by atoms with Gasteiger partial charge >= 0.3 is 11.9 Å². The highest BCUT2D eigenvalue weighted by Crippen LogP contribution is 2.29. The molecule has 1 N–H and O–H groups in total. The number of amides is 1. The average molecular weight is 562 g/mol. The lowest BCUT2D eigenvalue weighted by Crippen LogP contribution is -2.15. The molecule has 0 atom stereocenters. The Hall–Kier alpha value is -4.33. The predicted molar refractivity (Wildman–Crippen MR) is 157 cm³/mol. The largest absolute Gasteiger partial charge is 0.493 e. The summed E-state index contributed by atoms with van der Waals surface area (Å²) in [4.78, 5) is 36.3. The molecule has 3 aromatic rings. The number of aryl methyl sites for hydroxylation is 2. The molecule has 8 nitrogen and oxygen atoms in total. The van der Waals surface area contributed by atoms with Gasteiger partial charge in [0.05, 0.1) is 40.8 Å². The van der Waals surface area contributed by atoms with Crippen molar-refractivity contribution >= 4 is 23.5 Å². The summed E-state index contributed by atoms with van der Waals surface area (Å²) in [7, 11) is 4.21. The summed E-state index contributed by atoms with van der Waals surface area (Å²) in [5.41, 5.74) is 4.08. The van der Waals surface area contributed by atoms with E-state index >= 15 is 0 Å². The molecule has 3 aromatic carbocycles. The summed E-state index contributed by atoms with van der Waals surface area (Å²) < 4.78 is 21.0. The summed E-state index contributed by atoms with van der Waals surface area (Å²) in [6, 6.07) is 21.3. The smallest absolute Gasteiger partial charge is 0.309 e. The minimum atomic E-state index is -0.441. The van der Waals surface area contributed by atoms with E-state index in [1.54, 1.807) is 25.3 Å². The van der Waals surface area contributed by atoms with Crippen LogP contribution in [0.4, 0.5) is 5.69 Å². The maximum atomic E-state index is 12.7. The van der Waals surface area contributed by atoms with Crippen molar-refractivity contribution in [2.75, 3.05) is 33.3 Å². The lowest BCUT2D eigenvalue weighted by atomic mass is 10.0. The maximum Gasteiger partial charge on any atom is 0.309 e. The van der Waals surface area contributed by atoms with Crippen molar-refractivity contribution in [1.29, 1.82) is 0 Å². The molecule has 0 unspecified atom stereocenters. The molecule has 218 valence electrons. The first-order valence-corrected chi connectivity index (χ1v) is 13.8. The Morgan fingerprint density at radius 3 is 2.12 bits per heavy atom. The Labute approximate surface area is 242 Å². The zero-order chi connectivity index (χ0) is 29.5. The topological polar surface area (TPSA) is 100 Å². The minimum Gasteiger partial charge on any atom is -0.493 e. The molecule has 0 heterocycles. The van der Waals surface area contributed by atoms with Crippen LogP contribution in [0.15, 0.2) is 66.7 Å². The van der Waals surface area contributed by atoms with Gasteiger partial charge in [-0.25, -0.2) is 0 Å². The lowest BCUT2D eigenvalue weighted by molar-refractivity contribution is -0.141. The van der Waals surface area contributed by atoms with E-state index < -0.39 is 11.9 Å². The van der Waals surface area contributed by atoms with Gasteiger partial charge in [-0.2, -0.15) is 0 Å². The van der Waals surface area contributed by atoms with Crippen molar-refractivity contribution in [1.82, 2.24) is 0 Å². The van der Waals surface area contributed by atoms with Gasteiger partial charge in [0.25, 0.3) is 0 Å². The Morgan fingerprint density at radius 1 is 0.683 bits per heavy atom. The third-order valence-corrected chi connectivity index (χ3v) is 6.69. The highest BCUT2D eigenvalue weighted by atomic mass is 16.5. The molecule has 0 aliphatic carbocycles. The number of anilines is 1. The number of rotatable bonds is 16. The number of ether oxygens (including phenoxy) is 4. The highest BCUT2D eigenvalue weighted by molar-refractivity contribution is 5.91. The Kier molecular flexibility index (Phi) is 12.7. The van der Waals surface area contributed by atoms with Crippen molar-refractivity contribution in [3.8, 4) is 11.5 Å². The van der Waals surface area contributed by atoms with Gasteiger partial charge in [-0.1, -0.05) is 42.5 Å². The molecular formula is C33H39NO7. The van der Waals surface area contributed by atoms with Gasteiger partial charge in [0.1, 0.15) is 0 Å². The number of unbranched alkanes of at least 4 members (excludes halogenated alkanes) is 2. The second kappa shape index (κ2) is 16.7. The average Bonchev–Trinajstić information content (AvgIpc) is 2.99. The van der Waals surface area contributed by atoms with Crippen LogP contribution < -0.4 is 14.8 Å². The normalized spacial score (nSPS) is 10.5. The fourth-order valence-electron chi connectivity index (χ4n) is 4.40. The molecule has 0 aromatic heterocycles. The maximum absolute atomic E-state index is 12.7. The fraction of sp³-hybridized carbons (Fsp3) is 0.364. The van der Waals surface area contributed by atoms with Crippen molar-refractivity contribution in [3.63, 3.8) is 0 Å². The van der Waals surface area contributed by atoms with Gasteiger partial charge in [0, 0.05) is 12.1 Å². The van der Waals surface area contributed by atoms with Gasteiger partial charge in [-0.05, 0) is 78.6 Å². The van der Waals surface area contributed by atoms with E-state index in [4.69, 9.17) is 18.9 Å². The number of esters is 2. The van der Waals surface area contributed by atoms with E-state index in [0.29, 0.717) is 41.3 Å². The van der Waals surface area contributed by atoms with Crippen molar-refractivity contribution in [3.05, 3.63) is 89.0 Å². The van der Waals surface area contributed by atoms with Gasteiger partial charge in [-0.3, -0.25) is 14.4 Å². The number of methoxy groups -OCH3 is 3. The quantitative estimate of drug-likeness (QED) is 0.182. The number of nitrogens with one attached hydrogen (secondary N) is 1. The number of hydrogen-bond acceptors (Lipinski definition) is 7. The summed E-state index contributed by atoms with van der Waals surface area (Å²) in [5, 5.41) is 2.87. The molecule has 0 saturated heterocycles. The molecule has 0 radical (unpaired) electrons. The van der Waals surface area contributed by atoms with Crippen molar-refractivity contribution in [2.45, 2.75) is 51.4 Å². The van der Waals surface area contributed by atoms with E-state index in [0.717, 1.165) is 31.2 Å². The van der Waals surface area contributed by atoms with Gasteiger partial charge in [-0.15, -0.1) is 0 Å². The third-order valence-electron chi connectivity index (χ3n) is 6.69. The predicted octanol–water partition coefficient (Wildman–Crippen LogP) is 5.49. The Morgan fingerprint density at radius 2 is 1.41 bits per heavy atom. The molecule has 0 aliphatic rings. The minimum absolute atomic E-state index is 0.0194. The van der Waals surface area contributed by atoms with Crippen LogP contribution in [0.3, 0.4) is 0 Å². The lowest BCUT2D eigenvalue weighted by Gasteiger charge is -2.13. The number of carbonyl (C=O) groups is 3. The van der Waals surface area contributed by atoms with E-state index in [1.165, 1.54) is 19.8 Å². The SMILES string of the molecule is COC(=O)Cc1ccc(NC(=O)CCc2ccc(OCCCCCc3ccccc3)c(OC)c2)cc1CC(=O)OC. The molecule has 0 fully saturated rings. The van der Waals surface area contributed by atoms with Crippen LogP contribution in [0.2, 0.25) is 0 Å².